The molecule has 0 spiro atoms. The molecule has 0 bridgehead atoms. The van der Waals surface area contributed by atoms with E-state index < -0.39 is 0 Å². The van der Waals surface area contributed by atoms with Crippen molar-refractivity contribution in [2.24, 2.45) is 0 Å². The Morgan fingerprint density at radius 2 is 0.884 bits per heavy atom. The van der Waals surface area contributed by atoms with Crippen LogP contribution in [0, 0.1) is 0 Å². The highest BCUT2D eigenvalue weighted by Crippen LogP contribution is 2.51. The van der Waals surface area contributed by atoms with E-state index in [4.69, 9.17) is 15.0 Å². The van der Waals surface area contributed by atoms with Gasteiger partial charge in [0, 0.05) is 32.8 Å². The quantitative estimate of drug-likeness (QED) is 0.207. The first-order valence-electron chi connectivity index (χ1n) is 14.5. The summed E-state index contributed by atoms with van der Waals surface area (Å²) in [7, 11) is 0. The molecule has 4 heteroatoms. The number of fused-ring (bicyclic) bond motifs is 3. The van der Waals surface area contributed by atoms with Crippen LogP contribution in [0.5, 0.6) is 0 Å². The van der Waals surface area contributed by atoms with E-state index in [1.807, 2.05) is 23.9 Å². The Labute approximate surface area is 255 Å². The van der Waals surface area contributed by atoms with Gasteiger partial charge in [-0.1, -0.05) is 152 Å². The number of benzene rings is 5. The van der Waals surface area contributed by atoms with Crippen molar-refractivity contribution in [3.05, 3.63) is 157 Å². The average Bonchev–Trinajstić information content (AvgIpc) is 3.48. The summed E-state index contributed by atoms with van der Waals surface area (Å²) in [6, 6.07) is 44.2. The van der Waals surface area contributed by atoms with Crippen molar-refractivity contribution < 1.29 is 0 Å². The maximum absolute atomic E-state index is 5.21. The SMILES string of the molecule is C1=CC2Sc3c(-c4nc(-c5ccccc5-c5ccccc5)nc(-c5ccccc5-c5ccccc5)n4)cccc3C2C=C1. The third kappa shape index (κ3) is 4.70. The summed E-state index contributed by atoms with van der Waals surface area (Å²) in [6.07, 6.45) is 8.92. The molecule has 2 heterocycles. The molecule has 43 heavy (non-hydrogen) atoms. The molecule has 0 amide bonds. The fraction of sp³-hybridized carbons (Fsp3) is 0.0513. The summed E-state index contributed by atoms with van der Waals surface area (Å²) in [5, 5.41) is 0.388. The maximum Gasteiger partial charge on any atom is 0.165 e. The molecule has 6 aromatic rings. The minimum atomic E-state index is 0.364. The highest BCUT2D eigenvalue weighted by Gasteiger charge is 2.33. The van der Waals surface area contributed by atoms with E-state index in [9.17, 15) is 0 Å². The molecule has 0 radical (unpaired) electrons. The van der Waals surface area contributed by atoms with Crippen molar-refractivity contribution in [3.63, 3.8) is 0 Å². The van der Waals surface area contributed by atoms with Gasteiger partial charge in [0.2, 0.25) is 0 Å². The van der Waals surface area contributed by atoms with Gasteiger partial charge in [0.15, 0.2) is 17.5 Å². The van der Waals surface area contributed by atoms with Gasteiger partial charge < -0.3 is 0 Å². The van der Waals surface area contributed by atoms with E-state index in [-0.39, 0.29) is 0 Å². The molecule has 5 aromatic carbocycles. The lowest BCUT2D eigenvalue weighted by Gasteiger charge is -2.15. The van der Waals surface area contributed by atoms with Gasteiger partial charge in [-0.15, -0.1) is 11.8 Å². The standard InChI is InChI=1S/C39H27N3S/c1-3-14-26(15-4-1)28-18-7-9-21-32(28)37-40-38(33-22-10-8-19-29(33)27-16-5-2-6-17-27)42-39(41-37)34-24-13-23-31-30-20-11-12-25-35(30)43-36(31)34/h1-25,30,35H. The first-order chi connectivity index (χ1) is 21.3. The zero-order valence-electron chi connectivity index (χ0n) is 23.3. The molecule has 1 aliphatic carbocycles. The fourth-order valence-corrected chi connectivity index (χ4v) is 7.53. The summed E-state index contributed by atoms with van der Waals surface area (Å²) < 4.78 is 0. The number of allylic oxidation sites excluding steroid dienone is 3. The first kappa shape index (κ1) is 25.6. The van der Waals surface area contributed by atoms with Gasteiger partial charge in [0.25, 0.3) is 0 Å². The van der Waals surface area contributed by atoms with Crippen molar-refractivity contribution in [3.8, 4) is 56.4 Å². The lowest BCUT2D eigenvalue weighted by atomic mass is 9.91. The number of hydrogen-bond acceptors (Lipinski definition) is 4. The summed E-state index contributed by atoms with van der Waals surface area (Å²) in [4.78, 5) is 16.9. The van der Waals surface area contributed by atoms with Crippen LogP contribution < -0.4 is 0 Å². The minimum absolute atomic E-state index is 0.364. The lowest BCUT2D eigenvalue weighted by Crippen LogP contribution is -2.06. The number of rotatable bonds is 5. The smallest absolute Gasteiger partial charge is 0.165 e. The normalized spacial score (nSPS) is 16.6. The van der Waals surface area contributed by atoms with Crippen LogP contribution in [-0.2, 0) is 0 Å². The Kier molecular flexibility index (Phi) is 6.54. The molecule has 0 N–H and O–H groups in total. The van der Waals surface area contributed by atoms with Crippen LogP contribution in [0.2, 0.25) is 0 Å². The predicted octanol–water partition coefficient (Wildman–Crippen LogP) is 9.89. The molecule has 1 aliphatic heterocycles. The molecule has 1 aromatic heterocycles. The van der Waals surface area contributed by atoms with Crippen molar-refractivity contribution in [2.75, 3.05) is 0 Å². The van der Waals surface area contributed by atoms with Crippen LogP contribution in [0.1, 0.15) is 11.5 Å². The molecule has 0 fully saturated rings. The molecule has 2 aliphatic rings. The average molecular weight is 570 g/mol. The Morgan fingerprint density at radius 1 is 0.419 bits per heavy atom. The van der Waals surface area contributed by atoms with Crippen LogP contribution in [0.25, 0.3) is 56.4 Å². The van der Waals surface area contributed by atoms with Gasteiger partial charge >= 0.3 is 0 Å². The van der Waals surface area contributed by atoms with Crippen molar-refractivity contribution in [1.82, 2.24) is 15.0 Å². The second-order valence-electron chi connectivity index (χ2n) is 10.7. The largest absolute Gasteiger partial charge is 0.208 e. The third-order valence-electron chi connectivity index (χ3n) is 8.12. The lowest BCUT2D eigenvalue weighted by molar-refractivity contribution is 0.880. The number of aromatic nitrogens is 3. The Bertz CT molecular complexity index is 1910. The highest BCUT2D eigenvalue weighted by molar-refractivity contribution is 8.00. The third-order valence-corrected chi connectivity index (χ3v) is 9.54. The topological polar surface area (TPSA) is 38.7 Å². The molecule has 8 rings (SSSR count). The van der Waals surface area contributed by atoms with Gasteiger partial charge in [0.05, 0.1) is 0 Å². The Hall–Kier alpha value is -5.06. The second-order valence-corrected chi connectivity index (χ2v) is 11.9. The van der Waals surface area contributed by atoms with Gasteiger partial charge in [-0.3, -0.25) is 0 Å². The minimum Gasteiger partial charge on any atom is -0.208 e. The molecule has 0 saturated heterocycles. The van der Waals surface area contributed by atoms with Crippen LogP contribution in [0.4, 0.5) is 0 Å². The maximum atomic E-state index is 5.21. The number of nitrogens with zero attached hydrogens (tertiary/aromatic N) is 3. The summed E-state index contributed by atoms with van der Waals surface area (Å²) in [6.45, 7) is 0. The van der Waals surface area contributed by atoms with Gasteiger partial charge in [-0.05, 0) is 27.8 Å². The van der Waals surface area contributed by atoms with Crippen molar-refractivity contribution >= 4 is 11.8 Å². The van der Waals surface area contributed by atoms with E-state index in [2.05, 4.69) is 140 Å². The van der Waals surface area contributed by atoms with Gasteiger partial charge in [-0.25, -0.2) is 15.0 Å². The van der Waals surface area contributed by atoms with Gasteiger partial charge in [-0.2, -0.15) is 0 Å². The molecule has 3 nitrogen and oxygen atoms in total. The summed E-state index contributed by atoms with van der Waals surface area (Å²) in [5.41, 5.74) is 8.80. The second kappa shape index (κ2) is 11.0. The molecule has 2 atom stereocenters. The molecular formula is C39H27N3S. The zero-order valence-corrected chi connectivity index (χ0v) is 24.2. The van der Waals surface area contributed by atoms with Gasteiger partial charge in [0.1, 0.15) is 0 Å². The first-order valence-corrected chi connectivity index (χ1v) is 15.4. The molecular weight excluding hydrogens is 543 g/mol. The van der Waals surface area contributed by atoms with Crippen LogP contribution in [-0.4, -0.2) is 20.2 Å². The van der Waals surface area contributed by atoms with E-state index >= 15 is 0 Å². The predicted molar refractivity (Wildman–Crippen MR) is 178 cm³/mol. The van der Waals surface area contributed by atoms with Crippen LogP contribution in [0.3, 0.4) is 0 Å². The van der Waals surface area contributed by atoms with E-state index in [1.165, 1.54) is 10.5 Å². The number of hydrogen-bond donors (Lipinski definition) is 0. The number of thioether (sulfide) groups is 1. The Balaban J connectivity index is 1.37. The fourth-order valence-electron chi connectivity index (χ4n) is 6.07. The molecule has 2 unspecified atom stereocenters. The Morgan fingerprint density at radius 3 is 1.47 bits per heavy atom. The molecule has 204 valence electrons. The van der Waals surface area contributed by atoms with E-state index in [1.54, 1.807) is 0 Å². The summed E-state index contributed by atoms with van der Waals surface area (Å²) >= 11 is 1.91. The monoisotopic (exact) mass is 569 g/mol. The zero-order chi connectivity index (χ0) is 28.6. The van der Waals surface area contributed by atoms with Crippen LogP contribution in [0.15, 0.2) is 157 Å². The highest BCUT2D eigenvalue weighted by atomic mass is 32.2. The summed E-state index contributed by atoms with van der Waals surface area (Å²) in [5.74, 6) is 2.39. The van der Waals surface area contributed by atoms with E-state index in [0.717, 1.165) is 38.9 Å². The van der Waals surface area contributed by atoms with E-state index in [0.29, 0.717) is 28.6 Å². The van der Waals surface area contributed by atoms with Crippen molar-refractivity contribution in [1.29, 1.82) is 0 Å². The van der Waals surface area contributed by atoms with Crippen LogP contribution >= 0.6 is 11.8 Å². The molecule has 0 saturated carbocycles. The van der Waals surface area contributed by atoms with Crippen molar-refractivity contribution in [2.45, 2.75) is 16.1 Å².